The van der Waals surface area contributed by atoms with Crippen molar-refractivity contribution < 1.29 is 14.1 Å². The number of benzene rings is 1. The summed E-state index contributed by atoms with van der Waals surface area (Å²) >= 11 is 9.35. The normalized spacial score (nSPS) is 17.5. The smallest absolute Gasteiger partial charge is 0.226 e. The van der Waals surface area contributed by atoms with Crippen LogP contribution in [0.1, 0.15) is 34.9 Å². The number of Topliss-reactive ketones (excluding diaryl/α,β-unsaturated/α-hetero) is 1. The van der Waals surface area contributed by atoms with Gasteiger partial charge in [0.15, 0.2) is 11.6 Å². The lowest BCUT2D eigenvalue weighted by Gasteiger charge is -2.26. The maximum Gasteiger partial charge on any atom is 0.226 e. The molecule has 0 aliphatic carbocycles. The number of rotatable bonds is 3. The summed E-state index contributed by atoms with van der Waals surface area (Å²) in [5.74, 6) is 1.76. The van der Waals surface area contributed by atoms with Crippen LogP contribution in [0.15, 0.2) is 21.1 Å². The third-order valence-electron chi connectivity index (χ3n) is 3.26. The Bertz CT molecular complexity index is 702. The molecule has 2 heterocycles. The van der Waals surface area contributed by atoms with Crippen LogP contribution in [0.3, 0.4) is 0 Å². The highest BCUT2D eigenvalue weighted by molar-refractivity contribution is 9.10. The lowest BCUT2D eigenvalue weighted by molar-refractivity contribution is 0.0834. The van der Waals surface area contributed by atoms with Gasteiger partial charge in [0.05, 0.1) is 10.0 Å². The monoisotopic (exact) mass is 370 g/mol. The van der Waals surface area contributed by atoms with Crippen LogP contribution in [0.2, 0.25) is 5.02 Å². The van der Waals surface area contributed by atoms with Crippen molar-refractivity contribution >= 4 is 33.3 Å². The number of hydrogen-bond donors (Lipinski definition) is 0. The summed E-state index contributed by atoms with van der Waals surface area (Å²) in [6, 6.07) is 3.36. The fourth-order valence-electron chi connectivity index (χ4n) is 2.30. The molecule has 1 aliphatic heterocycles. The molecule has 1 aromatic heterocycles. The van der Waals surface area contributed by atoms with Crippen LogP contribution in [0, 0.1) is 6.92 Å². The van der Waals surface area contributed by atoms with Gasteiger partial charge in [0.2, 0.25) is 5.89 Å². The molecule has 0 amide bonds. The SMILES string of the molecule is Cc1noc(CCC2CC(=O)c3cc(Cl)cc(Br)c3O2)n1. The Morgan fingerprint density at radius 3 is 3.00 bits per heavy atom. The zero-order chi connectivity index (χ0) is 15.0. The van der Waals surface area contributed by atoms with Crippen molar-refractivity contribution in [3.05, 3.63) is 38.9 Å². The standard InChI is InChI=1S/C14H12BrClN2O3/c1-7-17-13(21-18-7)3-2-9-6-12(19)10-4-8(16)5-11(15)14(10)20-9/h4-5,9H,2-3,6H2,1H3. The van der Waals surface area contributed by atoms with E-state index in [0.717, 1.165) is 0 Å². The molecule has 0 N–H and O–H groups in total. The third kappa shape index (κ3) is 3.11. The van der Waals surface area contributed by atoms with Gasteiger partial charge in [-0.05, 0) is 41.4 Å². The molecule has 7 heteroatoms. The Balaban J connectivity index is 1.74. The summed E-state index contributed by atoms with van der Waals surface area (Å²) in [7, 11) is 0. The van der Waals surface area contributed by atoms with Crippen molar-refractivity contribution in [2.24, 2.45) is 0 Å². The molecule has 0 bridgehead atoms. The van der Waals surface area contributed by atoms with Gasteiger partial charge in [-0.2, -0.15) is 4.98 Å². The molecule has 0 spiro atoms. The van der Waals surface area contributed by atoms with E-state index in [1.54, 1.807) is 19.1 Å². The highest BCUT2D eigenvalue weighted by Gasteiger charge is 2.28. The molecule has 1 aromatic carbocycles. The molecule has 1 atom stereocenters. The molecule has 21 heavy (non-hydrogen) atoms. The largest absolute Gasteiger partial charge is 0.488 e. The Morgan fingerprint density at radius 2 is 2.29 bits per heavy atom. The zero-order valence-corrected chi connectivity index (χ0v) is 13.6. The minimum atomic E-state index is -0.199. The Labute approximate surface area is 134 Å². The number of carbonyl (C=O) groups excluding carboxylic acids is 1. The number of hydrogen-bond acceptors (Lipinski definition) is 5. The number of nitrogens with zero attached hydrogens (tertiary/aromatic N) is 2. The lowest BCUT2D eigenvalue weighted by atomic mass is 9.98. The minimum absolute atomic E-state index is 0.0335. The number of halogens is 2. The van der Waals surface area contributed by atoms with Gasteiger partial charge in [-0.1, -0.05) is 16.8 Å². The first-order valence-corrected chi connectivity index (χ1v) is 7.68. The van der Waals surface area contributed by atoms with Crippen LogP contribution in [-0.2, 0) is 6.42 Å². The van der Waals surface area contributed by atoms with E-state index in [4.69, 9.17) is 20.9 Å². The first-order valence-electron chi connectivity index (χ1n) is 6.51. The maximum absolute atomic E-state index is 12.2. The summed E-state index contributed by atoms with van der Waals surface area (Å²) in [4.78, 5) is 16.3. The molecule has 3 rings (SSSR count). The van der Waals surface area contributed by atoms with Gasteiger partial charge in [0, 0.05) is 17.9 Å². The van der Waals surface area contributed by atoms with Crippen LogP contribution in [0.4, 0.5) is 0 Å². The van der Waals surface area contributed by atoms with Crippen LogP contribution >= 0.6 is 27.5 Å². The van der Waals surface area contributed by atoms with E-state index >= 15 is 0 Å². The lowest BCUT2D eigenvalue weighted by Crippen LogP contribution is -2.27. The molecule has 0 radical (unpaired) electrons. The van der Waals surface area contributed by atoms with Crippen molar-refractivity contribution in [1.82, 2.24) is 10.1 Å². The van der Waals surface area contributed by atoms with Crippen molar-refractivity contribution in [3.8, 4) is 5.75 Å². The van der Waals surface area contributed by atoms with Gasteiger partial charge in [0.1, 0.15) is 11.9 Å². The summed E-state index contributed by atoms with van der Waals surface area (Å²) in [6.07, 6.45) is 1.35. The molecular weight excluding hydrogens is 360 g/mol. The van der Waals surface area contributed by atoms with Gasteiger partial charge in [-0.25, -0.2) is 0 Å². The van der Waals surface area contributed by atoms with Crippen LogP contribution in [0.25, 0.3) is 0 Å². The van der Waals surface area contributed by atoms with E-state index < -0.39 is 0 Å². The van der Waals surface area contributed by atoms with E-state index in [2.05, 4.69) is 26.1 Å². The first kappa shape index (κ1) is 14.5. The molecule has 110 valence electrons. The number of carbonyl (C=O) groups is 1. The quantitative estimate of drug-likeness (QED) is 0.822. The number of aryl methyl sites for hydroxylation is 2. The number of aromatic nitrogens is 2. The van der Waals surface area contributed by atoms with Gasteiger partial charge >= 0.3 is 0 Å². The fraction of sp³-hybridized carbons (Fsp3) is 0.357. The van der Waals surface area contributed by atoms with E-state index in [1.165, 1.54) is 0 Å². The average Bonchev–Trinajstić information content (AvgIpc) is 2.83. The van der Waals surface area contributed by atoms with Crippen molar-refractivity contribution in [2.45, 2.75) is 32.3 Å². The Morgan fingerprint density at radius 1 is 1.48 bits per heavy atom. The fourth-order valence-corrected chi connectivity index (χ4v) is 3.20. The van der Waals surface area contributed by atoms with Gasteiger partial charge < -0.3 is 9.26 Å². The molecule has 1 aliphatic rings. The van der Waals surface area contributed by atoms with Gasteiger partial charge in [-0.15, -0.1) is 0 Å². The van der Waals surface area contributed by atoms with Crippen LogP contribution in [-0.4, -0.2) is 22.0 Å². The zero-order valence-electron chi connectivity index (χ0n) is 11.2. The highest BCUT2D eigenvalue weighted by atomic mass is 79.9. The maximum atomic E-state index is 12.2. The summed E-state index contributed by atoms with van der Waals surface area (Å²) in [6.45, 7) is 1.77. The second-order valence-corrected chi connectivity index (χ2v) is 6.20. The molecule has 2 aromatic rings. The summed E-state index contributed by atoms with van der Waals surface area (Å²) in [5.41, 5.74) is 0.527. The van der Waals surface area contributed by atoms with Crippen molar-refractivity contribution in [2.75, 3.05) is 0 Å². The van der Waals surface area contributed by atoms with Crippen molar-refractivity contribution in [3.63, 3.8) is 0 Å². The number of fused-ring (bicyclic) bond motifs is 1. The molecule has 0 saturated heterocycles. The van der Waals surface area contributed by atoms with Crippen molar-refractivity contribution in [1.29, 1.82) is 0 Å². The summed E-state index contributed by atoms with van der Waals surface area (Å²) < 4.78 is 11.7. The minimum Gasteiger partial charge on any atom is -0.488 e. The first-order chi connectivity index (χ1) is 10.0. The highest BCUT2D eigenvalue weighted by Crippen LogP contribution is 2.38. The van der Waals surface area contributed by atoms with Crippen LogP contribution < -0.4 is 4.74 Å². The second-order valence-electron chi connectivity index (χ2n) is 4.91. The van der Waals surface area contributed by atoms with E-state index in [0.29, 0.717) is 51.8 Å². The predicted octanol–water partition coefficient (Wildman–Crippen LogP) is 3.76. The number of ether oxygens (including phenoxy) is 1. The Hall–Kier alpha value is -1.40. The molecule has 0 saturated carbocycles. The summed E-state index contributed by atoms with van der Waals surface area (Å²) in [5, 5.41) is 4.25. The van der Waals surface area contributed by atoms with E-state index in [9.17, 15) is 4.79 Å². The van der Waals surface area contributed by atoms with E-state index in [-0.39, 0.29) is 11.9 Å². The predicted molar refractivity (Wildman–Crippen MR) is 79.9 cm³/mol. The number of ketones is 1. The third-order valence-corrected chi connectivity index (χ3v) is 4.06. The Kier molecular flexibility index (Phi) is 3.99. The molecule has 0 fully saturated rings. The molecule has 1 unspecified atom stereocenters. The second kappa shape index (κ2) is 5.77. The average molecular weight is 372 g/mol. The van der Waals surface area contributed by atoms with Crippen LogP contribution in [0.5, 0.6) is 5.75 Å². The van der Waals surface area contributed by atoms with Gasteiger partial charge in [0.25, 0.3) is 0 Å². The molecular formula is C14H12BrClN2O3. The molecule has 5 nitrogen and oxygen atoms in total. The van der Waals surface area contributed by atoms with E-state index in [1.807, 2.05) is 0 Å². The van der Waals surface area contributed by atoms with Gasteiger partial charge in [-0.3, -0.25) is 4.79 Å². The topological polar surface area (TPSA) is 65.2 Å².